The molecule has 0 bridgehead atoms. The highest BCUT2D eigenvalue weighted by atomic mass is 32.2. The number of hydrogen-bond acceptors (Lipinski definition) is 8. The van der Waals surface area contributed by atoms with Crippen LogP contribution in [0.3, 0.4) is 0 Å². The highest BCUT2D eigenvalue weighted by Gasteiger charge is 2.17. The molecule has 0 atom stereocenters. The summed E-state index contributed by atoms with van der Waals surface area (Å²) < 4.78 is 6.16. The molecule has 0 saturated heterocycles. The van der Waals surface area contributed by atoms with E-state index in [1.54, 1.807) is 4.90 Å². The fourth-order valence-corrected chi connectivity index (χ4v) is 4.38. The van der Waals surface area contributed by atoms with Gasteiger partial charge in [-0.1, -0.05) is 40.8 Å². The van der Waals surface area contributed by atoms with Crippen LogP contribution < -0.4 is 15.0 Å². The van der Waals surface area contributed by atoms with Crippen molar-refractivity contribution in [2.75, 3.05) is 29.1 Å². The third-order valence-corrected chi connectivity index (χ3v) is 6.19. The third kappa shape index (κ3) is 6.70. The molecule has 0 spiro atoms. The molecule has 7 nitrogen and oxygen atoms in total. The molecule has 9 heteroatoms. The molecule has 1 heterocycles. The van der Waals surface area contributed by atoms with Crippen molar-refractivity contribution in [3.05, 3.63) is 54.1 Å². The first-order valence-corrected chi connectivity index (χ1v) is 11.6. The van der Waals surface area contributed by atoms with E-state index in [-0.39, 0.29) is 18.1 Å². The monoisotopic (exact) mass is 453 g/mol. The summed E-state index contributed by atoms with van der Waals surface area (Å²) in [6, 6.07) is 17.4. The second-order valence-corrected chi connectivity index (χ2v) is 8.73. The number of benzene rings is 2. The highest BCUT2D eigenvalue weighted by Crippen LogP contribution is 2.29. The van der Waals surface area contributed by atoms with Crippen LogP contribution in [0.25, 0.3) is 0 Å². The van der Waals surface area contributed by atoms with Crippen molar-refractivity contribution in [1.82, 2.24) is 10.2 Å². The van der Waals surface area contributed by atoms with Crippen molar-refractivity contribution in [3.63, 3.8) is 0 Å². The Labute approximate surface area is 190 Å². The van der Waals surface area contributed by atoms with E-state index in [9.17, 15) is 4.79 Å². The van der Waals surface area contributed by atoms with E-state index in [4.69, 9.17) is 10.00 Å². The number of rotatable bonds is 10. The number of anilines is 3. The van der Waals surface area contributed by atoms with Crippen molar-refractivity contribution in [2.24, 2.45) is 0 Å². The van der Waals surface area contributed by atoms with Gasteiger partial charge in [0.2, 0.25) is 11.0 Å². The highest BCUT2D eigenvalue weighted by molar-refractivity contribution is 8.01. The first-order chi connectivity index (χ1) is 15.1. The van der Waals surface area contributed by atoms with Crippen molar-refractivity contribution >= 4 is 45.5 Å². The summed E-state index contributed by atoms with van der Waals surface area (Å²) >= 11 is 2.73. The van der Waals surface area contributed by atoms with Crippen LogP contribution >= 0.6 is 23.1 Å². The van der Waals surface area contributed by atoms with Crippen molar-refractivity contribution in [1.29, 1.82) is 5.26 Å². The summed E-state index contributed by atoms with van der Waals surface area (Å²) in [6.45, 7) is 4.87. The Morgan fingerprint density at radius 2 is 1.94 bits per heavy atom. The number of carbonyl (C=O) groups is 1. The van der Waals surface area contributed by atoms with Gasteiger partial charge in [-0.2, -0.15) is 5.26 Å². The Morgan fingerprint density at radius 1 is 1.19 bits per heavy atom. The first kappa shape index (κ1) is 22.6. The molecule has 0 saturated carbocycles. The van der Waals surface area contributed by atoms with Crippen LogP contribution in [0.15, 0.2) is 52.9 Å². The van der Waals surface area contributed by atoms with E-state index in [1.807, 2.05) is 62.4 Å². The largest absolute Gasteiger partial charge is 0.494 e. The van der Waals surface area contributed by atoms with Gasteiger partial charge in [0.05, 0.1) is 24.8 Å². The second kappa shape index (κ2) is 11.3. The van der Waals surface area contributed by atoms with Gasteiger partial charge < -0.3 is 15.0 Å². The molecule has 2 aromatic carbocycles. The molecule has 31 heavy (non-hydrogen) atoms. The number of nitriles is 1. The molecule has 0 aliphatic rings. The van der Waals surface area contributed by atoms with Gasteiger partial charge in [-0.15, -0.1) is 10.2 Å². The van der Waals surface area contributed by atoms with Crippen LogP contribution in [-0.4, -0.2) is 35.0 Å². The minimum absolute atomic E-state index is 0.0901. The van der Waals surface area contributed by atoms with E-state index < -0.39 is 0 Å². The van der Waals surface area contributed by atoms with E-state index in [2.05, 4.69) is 21.6 Å². The lowest BCUT2D eigenvalue weighted by Gasteiger charge is -2.21. The summed E-state index contributed by atoms with van der Waals surface area (Å²) in [7, 11) is 0. The molecule has 0 radical (unpaired) electrons. The number of hydrogen-bond donors (Lipinski definition) is 1. The Bertz CT molecular complexity index is 1030. The van der Waals surface area contributed by atoms with E-state index in [1.165, 1.54) is 28.7 Å². The summed E-state index contributed by atoms with van der Waals surface area (Å²) in [6.07, 6.45) is 0.257. The van der Waals surface area contributed by atoms with Crippen LogP contribution in [-0.2, 0) is 4.79 Å². The zero-order valence-corrected chi connectivity index (χ0v) is 19.0. The zero-order chi connectivity index (χ0) is 22.1. The van der Waals surface area contributed by atoms with Gasteiger partial charge >= 0.3 is 0 Å². The fraction of sp³-hybridized carbons (Fsp3) is 0.273. The third-order valence-electron chi connectivity index (χ3n) is 4.24. The van der Waals surface area contributed by atoms with Crippen LogP contribution in [0.2, 0.25) is 0 Å². The first-order valence-electron chi connectivity index (χ1n) is 9.79. The van der Waals surface area contributed by atoms with E-state index in [0.717, 1.165) is 17.1 Å². The molecular formula is C22H23N5O2S2. The number of thioether (sulfide) groups is 1. The van der Waals surface area contributed by atoms with E-state index in [0.29, 0.717) is 22.6 Å². The van der Waals surface area contributed by atoms with Crippen molar-refractivity contribution in [2.45, 2.75) is 24.6 Å². The number of amides is 1. The van der Waals surface area contributed by atoms with Gasteiger partial charge in [0, 0.05) is 17.9 Å². The fourth-order valence-electron chi connectivity index (χ4n) is 2.73. The lowest BCUT2D eigenvalue weighted by molar-refractivity contribution is -0.116. The summed E-state index contributed by atoms with van der Waals surface area (Å²) in [4.78, 5) is 14.5. The maximum atomic E-state index is 12.9. The number of carbonyl (C=O) groups excluding carboxylic acids is 1. The van der Waals surface area contributed by atoms with E-state index >= 15 is 0 Å². The molecule has 1 aromatic heterocycles. The predicted molar refractivity (Wildman–Crippen MR) is 125 cm³/mol. The average Bonchev–Trinajstić information content (AvgIpc) is 3.23. The van der Waals surface area contributed by atoms with Gasteiger partial charge in [-0.3, -0.25) is 4.79 Å². The van der Waals surface area contributed by atoms with Crippen LogP contribution in [0.5, 0.6) is 5.75 Å². The van der Waals surface area contributed by atoms with Gasteiger partial charge in [0.1, 0.15) is 5.75 Å². The molecule has 1 amide bonds. The molecule has 3 rings (SSSR count). The molecular weight excluding hydrogens is 430 g/mol. The van der Waals surface area contributed by atoms with Gasteiger partial charge in [0.15, 0.2) is 4.34 Å². The van der Waals surface area contributed by atoms with Gasteiger partial charge in [-0.25, -0.2) is 0 Å². The number of ether oxygens (including phenoxy) is 1. The van der Waals surface area contributed by atoms with Crippen LogP contribution in [0.4, 0.5) is 16.5 Å². The molecule has 0 fully saturated rings. The Morgan fingerprint density at radius 3 is 2.61 bits per heavy atom. The topological polar surface area (TPSA) is 91.1 Å². The average molecular weight is 454 g/mol. The Balaban J connectivity index is 1.60. The molecule has 1 N–H and O–H groups in total. The zero-order valence-electron chi connectivity index (χ0n) is 17.4. The predicted octanol–water partition coefficient (Wildman–Crippen LogP) is 5.03. The summed E-state index contributed by atoms with van der Waals surface area (Å²) in [5, 5.41) is 21.2. The minimum Gasteiger partial charge on any atom is -0.494 e. The smallest absolute Gasteiger partial charge is 0.237 e. The normalized spacial score (nSPS) is 10.4. The molecule has 160 valence electrons. The second-order valence-electron chi connectivity index (χ2n) is 6.53. The lowest BCUT2D eigenvalue weighted by Crippen LogP contribution is -2.33. The summed E-state index contributed by atoms with van der Waals surface area (Å²) in [5.41, 5.74) is 2.86. The number of aryl methyl sites for hydroxylation is 1. The number of nitrogens with one attached hydrogen (secondary N) is 1. The Kier molecular flexibility index (Phi) is 8.27. The summed E-state index contributed by atoms with van der Waals surface area (Å²) in [5.74, 6) is 0.862. The maximum Gasteiger partial charge on any atom is 0.237 e. The van der Waals surface area contributed by atoms with Gasteiger partial charge in [-0.05, 0) is 50.2 Å². The minimum atomic E-state index is -0.0901. The molecule has 0 aliphatic heterocycles. The standard InChI is InChI=1S/C22H23N5O2S2/c1-3-29-19-11-9-18(10-12-19)27(14-4-13-23)20(28)15-30-22-26-25-21(31-22)24-17-7-5-16(2)6-8-17/h5-12H,3-4,14-15H2,1-2H3,(H,24,25). The van der Waals surface area contributed by atoms with Crippen LogP contribution in [0.1, 0.15) is 18.9 Å². The Hall–Kier alpha value is -3.09. The lowest BCUT2D eigenvalue weighted by atomic mass is 10.2. The number of nitrogens with zero attached hydrogens (tertiary/aromatic N) is 4. The van der Waals surface area contributed by atoms with Crippen molar-refractivity contribution in [3.8, 4) is 11.8 Å². The molecule has 0 aliphatic carbocycles. The van der Waals surface area contributed by atoms with Gasteiger partial charge in [0.25, 0.3) is 0 Å². The number of aromatic nitrogens is 2. The maximum absolute atomic E-state index is 12.9. The van der Waals surface area contributed by atoms with Crippen molar-refractivity contribution < 1.29 is 9.53 Å². The van der Waals surface area contributed by atoms with Crippen LogP contribution in [0, 0.1) is 18.3 Å². The molecule has 0 unspecified atom stereocenters. The quantitative estimate of drug-likeness (QED) is 0.431. The SMILES string of the molecule is CCOc1ccc(N(CCC#N)C(=O)CSc2nnc(Nc3ccc(C)cc3)s2)cc1. The molecule has 3 aromatic rings.